The normalized spacial score (nSPS) is 12.7. The van der Waals surface area contributed by atoms with E-state index in [0.29, 0.717) is 28.3 Å². The second-order valence-corrected chi connectivity index (χ2v) is 12.0. The first kappa shape index (κ1) is 32.6. The first-order valence-corrected chi connectivity index (χ1v) is 14.3. The number of nitrogens with one attached hydrogen (secondary N) is 1. The summed E-state index contributed by atoms with van der Waals surface area (Å²) in [5.41, 5.74) is -1.09. The number of carbonyl (C=O) groups is 2. The van der Waals surface area contributed by atoms with Gasteiger partial charge in [-0.3, -0.25) is 9.59 Å². The number of amides is 1. The molecule has 1 N–H and O–H groups in total. The van der Waals surface area contributed by atoms with Gasteiger partial charge in [-0.25, -0.2) is 0 Å². The van der Waals surface area contributed by atoms with Crippen LogP contribution in [0.1, 0.15) is 67.3 Å². The lowest BCUT2D eigenvalue weighted by atomic mass is 9.91. The summed E-state index contributed by atoms with van der Waals surface area (Å²) in [6.45, 7) is 6.95. The van der Waals surface area contributed by atoms with E-state index >= 15 is 0 Å². The molecule has 0 spiro atoms. The molecule has 4 aromatic carbocycles. The molecule has 0 fully saturated rings. The lowest BCUT2D eigenvalue weighted by molar-refractivity contribution is -0.137. The number of hydrogen-bond acceptors (Lipinski definition) is 4. The summed E-state index contributed by atoms with van der Waals surface area (Å²) in [7, 11) is 0. The fraction of sp³-hybridized carbons (Fsp3) is 0.257. The van der Waals surface area contributed by atoms with Crippen molar-refractivity contribution < 1.29 is 32.2 Å². The van der Waals surface area contributed by atoms with Gasteiger partial charge in [-0.05, 0) is 106 Å². The van der Waals surface area contributed by atoms with Crippen molar-refractivity contribution in [2.24, 2.45) is 0 Å². The highest BCUT2D eigenvalue weighted by Gasteiger charge is 2.36. The van der Waals surface area contributed by atoms with Crippen LogP contribution in [0.5, 0.6) is 11.5 Å². The highest BCUT2D eigenvalue weighted by molar-refractivity contribution is 6.30. The van der Waals surface area contributed by atoms with Crippen LogP contribution in [0.4, 0.5) is 13.2 Å². The molecule has 0 bridgehead atoms. The van der Waals surface area contributed by atoms with Gasteiger partial charge >= 0.3 is 6.18 Å². The lowest BCUT2D eigenvalue weighted by Gasteiger charge is -2.35. The Morgan fingerprint density at radius 2 is 1.27 bits per heavy atom. The lowest BCUT2D eigenvalue weighted by Crippen LogP contribution is -2.54. The SMILES string of the molecule is CC(C)(C[C@@H](Oc1ccc(C(F)(F)F)cc1)c1ccccc1)NC(=O)C(C)(C)Oc1ccc(C(=O)c2ccc(Cl)cc2)cc1. The quantitative estimate of drug-likeness (QED) is 0.170. The average Bonchev–Trinajstić information content (AvgIpc) is 2.97. The van der Waals surface area contributed by atoms with Crippen LogP contribution < -0.4 is 14.8 Å². The molecule has 0 aromatic heterocycles. The van der Waals surface area contributed by atoms with Gasteiger partial charge in [-0.2, -0.15) is 13.2 Å². The Bertz CT molecular complexity index is 1570. The van der Waals surface area contributed by atoms with E-state index in [-0.39, 0.29) is 17.4 Å². The van der Waals surface area contributed by atoms with E-state index in [2.05, 4.69) is 5.32 Å². The minimum absolute atomic E-state index is 0.168. The maximum atomic E-state index is 13.4. The van der Waals surface area contributed by atoms with E-state index in [1.54, 1.807) is 62.4 Å². The number of benzene rings is 4. The van der Waals surface area contributed by atoms with Crippen molar-refractivity contribution in [2.45, 2.75) is 57.5 Å². The molecule has 44 heavy (non-hydrogen) atoms. The topological polar surface area (TPSA) is 64.6 Å². The Labute approximate surface area is 260 Å². The van der Waals surface area contributed by atoms with Crippen molar-refractivity contribution in [1.29, 1.82) is 0 Å². The van der Waals surface area contributed by atoms with E-state index < -0.39 is 29.0 Å². The van der Waals surface area contributed by atoms with Gasteiger partial charge < -0.3 is 14.8 Å². The number of carbonyl (C=O) groups excluding carboxylic acids is 2. The largest absolute Gasteiger partial charge is 0.486 e. The molecule has 1 amide bonds. The van der Waals surface area contributed by atoms with Gasteiger partial charge in [-0.15, -0.1) is 0 Å². The van der Waals surface area contributed by atoms with Crippen molar-refractivity contribution in [1.82, 2.24) is 5.32 Å². The third kappa shape index (κ3) is 8.63. The van der Waals surface area contributed by atoms with E-state index in [1.165, 1.54) is 12.1 Å². The van der Waals surface area contributed by atoms with Crippen LogP contribution in [0.25, 0.3) is 0 Å². The number of ether oxygens (including phenoxy) is 2. The first-order chi connectivity index (χ1) is 20.6. The number of ketones is 1. The highest BCUT2D eigenvalue weighted by atomic mass is 35.5. The average molecular weight is 624 g/mol. The van der Waals surface area contributed by atoms with Gasteiger partial charge in [0.1, 0.15) is 17.6 Å². The molecule has 4 aromatic rings. The van der Waals surface area contributed by atoms with Crippen LogP contribution in [-0.2, 0) is 11.0 Å². The molecule has 9 heteroatoms. The standard InChI is InChI=1S/C35H33ClF3NO4/c1-33(2,22-30(23-8-6-5-7-9-23)43-28-20-14-26(15-21-28)35(37,38)39)40-32(42)34(3,4)44-29-18-12-25(13-19-29)31(41)24-10-16-27(36)17-11-24/h5-21,30H,22H2,1-4H3,(H,40,42)/t30-/m1/s1. The predicted octanol–water partition coefficient (Wildman–Crippen LogP) is 8.85. The molecule has 0 aliphatic rings. The summed E-state index contributed by atoms with van der Waals surface area (Å²) in [4.78, 5) is 26.2. The number of halogens is 4. The van der Waals surface area contributed by atoms with Crippen LogP contribution >= 0.6 is 11.6 Å². The van der Waals surface area contributed by atoms with Crippen LogP contribution in [0.2, 0.25) is 5.02 Å². The third-order valence-electron chi connectivity index (χ3n) is 6.92. The number of alkyl halides is 3. The minimum atomic E-state index is -4.45. The predicted molar refractivity (Wildman–Crippen MR) is 164 cm³/mol. The van der Waals surface area contributed by atoms with Crippen molar-refractivity contribution in [3.8, 4) is 11.5 Å². The molecule has 5 nitrogen and oxygen atoms in total. The molecular formula is C35H33ClF3NO4. The summed E-state index contributed by atoms with van der Waals surface area (Å²) in [6.07, 6.45) is -4.71. The summed E-state index contributed by atoms with van der Waals surface area (Å²) in [5.74, 6) is 0.127. The molecular weight excluding hydrogens is 591 g/mol. The molecule has 1 atom stereocenters. The molecule has 4 rings (SSSR count). The summed E-state index contributed by atoms with van der Waals surface area (Å²) in [5, 5.41) is 3.57. The van der Waals surface area contributed by atoms with Crippen molar-refractivity contribution in [3.05, 3.63) is 130 Å². The maximum Gasteiger partial charge on any atom is 0.416 e. The number of hydrogen-bond donors (Lipinski definition) is 1. The summed E-state index contributed by atoms with van der Waals surface area (Å²) < 4.78 is 51.3. The fourth-order valence-corrected chi connectivity index (χ4v) is 4.66. The Balaban J connectivity index is 1.43. The Hall–Kier alpha value is -4.30. The number of rotatable bonds is 11. The third-order valence-corrected chi connectivity index (χ3v) is 7.17. The van der Waals surface area contributed by atoms with E-state index in [4.69, 9.17) is 21.1 Å². The minimum Gasteiger partial charge on any atom is -0.486 e. The van der Waals surface area contributed by atoms with Gasteiger partial charge in [0.05, 0.1) is 5.56 Å². The summed E-state index contributed by atoms with van der Waals surface area (Å²) >= 11 is 5.91. The second kappa shape index (κ2) is 13.1. The zero-order valence-corrected chi connectivity index (χ0v) is 25.5. The van der Waals surface area contributed by atoms with Crippen LogP contribution in [-0.4, -0.2) is 22.8 Å². The molecule has 0 heterocycles. The van der Waals surface area contributed by atoms with Crippen molar-refractivity contribution in [2.75, 3.05) is 0 Å². The summed E-state index contributed by atoms with van der Waals surface area (Å²) in [6, 6.07) is 26.9. The molecule has 0 radical (unpaired) electrons. The first-order valence-electron chi connectivity index (χ1n) is 13.9. The van der Waals surface area contributed by atoms with Crippen molar-refractivity contribution in [3.63, 3.8) is 0 Å². The second-order valence-electron chi connectivity index (χ2n) is 11.6. The van der Waals surface area contributed by atoms with Crippen molar-refractivity contribution >= 4 is 23.3 Å². The van der Waals surface area contributed by atoms with Gasteiger partial charge in [0.25, 0.3) is 5.91 Å². The zero-order chi connectivity index (χ0) is 32.1. The fourth-order valence-electron chi connectivity index (χ4n) is 4.54. The van der Waals surface area contributed by atoms with Gasteiger partial charge in [0, 0.05) is 28.1 Å². The molecule has 230 valence electrons. The molecule has 0 saturated heterocycles. The Kier molecular flexibility index (Phi) is 9.74. The Morgan fingerprint density at radius 1 is 0.750 bits per heavy atom. The highest BCUT2D eigenvalue weighted by Crippen LogP contribution is 2.34. The monoisotopic (exact) mass is 623 g/mol. The molecule has 0 aliphatic carbocycles. The van der Waals surface area contributed by atoms with E-state index in [9.17, 15) is 22.8 Å². The van der Waals surface area contributed by atoms with Crippen LogP contribution in [0.15, 0.2) is 103 Å². The smallest absolute Gasteiger partial charge is 0.416 e. The molecule has 0 aliphatic heterocycles. The van der Waals surface area contributed by atoms with E-state index in [0.717, 1.165) is 17.7 Å². The van der Waals surface area contributed by atoms with Crippen LogP contribution in [0.3, 0.4) is 0 Å². The zero-order valence-electron chi connectivity index (χ0n) is 24.7. The Morgan fingerprint density at radius 3 is 1.82 bits per heavy atom. The maximum absolute atomic E-state index is 13.4. The van der Waals surface area contributed by atoms with Crippen LogP contribution in [0, 0.1) is 0 Å². The molecule has 0 saturated carbocycles. The van der Waals surface area contributed by atoms with Gasteiger partial charge in [0.15, 0.2) is 11.4 Å². The van der Waals surface area contributed by atoms with Gasteiger partial charge in [0.2, 0.25) is 0 Å². The van der Waals surface area contributed by atoms with Gasteiger partial charge in [-0.1, -0.05) is 41.9 Å². The van der Waals surface area contributed by atoms with E-state index in [1.807, 2.05) is 44.2 Å². The molecule has 0 unspecified atom stereocenters.